The zero-order valence-corrected chi connectivity index (χ0v) is 9.18. The summed E-state index contributed by atoms with van der Waals surface area (Å²) >= 11 is 0. The number of hydrogen-bond donors (Lipinski definition) is 2. The van der Waals surface area contributed by atoms with Crippen LogP contribution in [-0.4, -0.2) is 16.7 Å². The molecular formula is C12H19N3. The molecule has 1 aliphatic heterocycles. The minimum Gasteiger partial charge on any atom is -0.382 e. The zero-order valence-electron chi connectivity index (χ0n) is 9.18. The topological polar surface area (TPSA) is 40.7 Å². The van der Waals surface area contributed by atoms with Gasteiger partial charge < -0.3 is 5.32 Å². The fourth-order valence-corrected chi connectivity index (χ4v) is 2.92. The monoisotopic (exact) mass is 205 g/mol. The molecule has 0 atom stereocenters. The van der Waals surface area contributed by atoms with Crippen molar-refractivity contribution in [1.82, 2.24) is 10.2 Å². The van der Waals surface area contributed by atoms with Gasteiger partial charge in [0.15, 0.2) is 0 Å². The Labute approximate surface area is 90.7 Å². The molecule has 3 rings (SSSR count). The standard InChI is InChI=1S/C12H19N3/c1-2-5-9(6-3-1)11-12-10(14-15-11)7-4-8-13-12/h9,13H,1-8H2,(H,14,15). The molecule has 0 unspecified atom stereocenters. The van der Waals surface area contributed by atoms with Gasteiger partial charge in [-0.1, -0.05) is 19.3 Å². The van der Waals surface area contributed by atoms with Gasteiger partial charge in [-0.3, -0.25) is 5.10 Å². The molecule has 1 fully saturated rings. The van der Waals surface area contributed by atoms with Gasteiger partial charge in [0.1, 0.15) is 0 Å². The molecule has 1 aliphatic carbocycles. The maximum absolute atomic E-state index is 4.53. The summed E-state index contributed by atoms with van der Waals surface area (Å²) in [6.45, 7) is 1.12. The summed E-state index contributed by atoms with van der Waals surface area (Å²) in [7, 11) is 0. The summed E-state index contributed by atoms with van der Waals surface area (Å²) < 4.78 is 0. The number of rotatable bonds is 1. The van der Waals surface area contributed by atoms with Gasteiger partial charge in [-0.2, -0.15) is 5.10 Å². The number of nitrogens with one attached hydrogen (secondary N) is 2. The molecule has 15 heavy (non-hydrogen) atoms. The van der Waals surface area contributed by atoms with Crippen LogP contribution in [0.15, 0.2) is 0 Å². The highest BCUT2D eigenvalue weighted by Gasteiger charge is 2.24. The number of aromatic amines is 1. The molecular weight excluding hydrogens is 186 g/mol. The second-order valence-electron chi connectivity index (χ2n) is 4.83. The third kappa shape index (κ3) is 1.64. The lowest BCUT2D eigenvalue weighted by molar-refractivity contribution is 0.437. The predicted molar refractivity (Wildman–Crippen MR) is 61.2 cm³/mol. The van der Waals surface area contributed by atoms with Crippen molar-refractivity contribution in [3.05, 3.63) is 11.4 Å². The Hall–Kier alpha value is -0.990. The summed E-state index contributed by atoms with van der Waals surface area (Å²) in [5, 5.41) is 11.3. The Kier molecular flexibility index (Phi) is 2.39. The molecule has 0 aromatic carbocycles. The molecule has 2 heterocycles. The van der Waals surface area contributed by atoms with Crippen molar-refractivity contribution >= 4 is 5.69 Å². The van der Waals surface area contributed by atoms with E-state index in [1.54, 1.807) is 0 Å². The van der Waals surface area contributed by atoms with Gasteiger partial charge in [0.05, 0.1) is 17.1 Å². The lowest BCUT2D eigenvalue weighted by atomic mass is 9.86. The van der Waals surface area contributed by atoms with Crippen LogP contribution in [0.2, 0.25) is 0 Å². The molecule has 1 saturated carbocycles. The van der Waals surface area contributed by atoms with Crippen LogP contribution >= 0.6 is 0 Å². The molecule has 0 amide bonds. The summed E-state index contributed by atoms with van der Waals surface area (Å²) in [5.41, 5.74) is 4.00. The lowest BCUT2D eigenvalue weighted by Crippen LogP contribution is -2.14. The van der Waals surface area contributed by atoms with Crippen LogP contribution in [0.4, 0.5) is 5.69 Å². The highest BCUT2D eigenvalue weighted by atomic mass is 15.2. The second kappa shape index (κ2) is 3.87. The van der Waals surface area contributed by atoms with E-state index in [0.29, 0.717) is 5.92 Å². The second-order valence-corrected chi connectivity index (χ2v) is 4.83. The van der Waals surface area contributed by atoms with Crippen LogP contribution < -0.4 is 5.32 Å². The Morgan fingerprint density at radius 1 is 1.07 bits per heavy atom. The van der Waals surface area contributed by atoms with E-state index in [0.717, 1.165) is 6.54 Å². The van der Waals surface area contributed by atoms with Crippen LogP contribution in [-0.2, 0) is 6.42 Å². The van der Waals surface area contributed by atoms with Gasteiger partial charge >= 0.3 is 0 Å². The van der Waals surface area contributed by atoms with Crippen molar-refractivity contribution in [2.24, 2.45) is 0 Å². The first-order valence-corrected chi connectivity index (χ1v) is 6.26. The van der Waals surface area contributed by atoms with E-state index in [1.807, 2.05) is 0 Å². The van der Waals surface area contributed by atoms with Gasteiger partial charge in [-0.15, -0.1) is 0 Å². The van der Waals surface area contributed by atoms with E-state index in [1.165, 1.54) is 62.0 Å². The molecule has 2 aliphatic rings. The summed E-state index contributed by atoms with van der Waals surface area (Å²) in [6, 6.07) is 0. The van der Waals surface area contributed by atoms with Crippen LogP contribution in [0.25, 0.3) is 0 Å². The molecule has 0 radical (unpaired) electrons. The molecule has 82 valence electrons. The zero-order chi connectivity index (χ0) is 10.1. The van der Waals surface area contributed by atoms with Crippen molar-refractivity contribution in [3.8, 4) is 0 Å². The van der Waals surface area contributed by atoms with E-state index in [2.05, 4.69) is 15.5 Å². The van der Waals surface area contributed by atoms with Crippen molar-refractivity contribution in [1.29, 1.82) is 0 Å². The average Bonchev–Trinajstić information content (AvgIpc) is 2.74. The Balaban J connectivity index is 1.87. The van der Waals surface area contributed by atoms with Crippen LogP contribution in [0.3, 0.4) is 0 Å². The van der Waals surface area contributed by atoms with E-state index < -0.39 is 0 Å². The Bertz CT molecular complexity index is 337. The Morgan fingerprint density at radius 2 is 1.93 bits per heavy atom. The number of aryl methyl sites for hydroxylation is 1. The van der Waals surface area contributed by atoms with E-state index in [9.17, 15) is 0 Å². The molecule has 1 aromatic rings. The third-order valence-corrected chi connectivity index (χ3v) is 3.77. The molecule has 0 saturated heterocycles. The SMILES string of the molecule is C1CCC(c2n[nH]c3c2NCCC3)CC1. The van der Waals surface area contributed by atoms with Crippen molar-refractivity contribution in [2.45, 2.75) is 50.9 Å². The summed E-state index contributed by atoms with van der Waals surface area (Å²) in [5.74, 6) is 0.712. The fraction of sp³-hybridized carbons (Fsp3) is 0.750. The van der Waals surface area contributed by atoms with Gasteiger partial charge in [0.25, 0.3) is 0 Å². The molecule has 1 aromatic heterocycles. The quantitative estimate of drug-likeness (QED) is 0.740. The largest absolute Gasteiger partial charge is 0.382 e. The summed E-state index contributed by atoms with van der Waals surface area (Å²) in [6.07, 6.45) is 9.24. The molecule has 0 spiro atoms. The van der Waals surface area contributed by atoms with Gasteiger partial charge in [0, 0.05) is 12.5 Å². The molecule has 3 heteroatoms. The van der Waals surface area contributed by atoms with Crippen LogP contribution in [0.5, 0.6) is 0 Å². The molecule has 3 nitrogen and oxygen atoms in total. The average molecular weight is 205 g/mol. The van der Waals surface area contributed by atoms with E-state index >= 15 is 0 Å². The smallest absolute Gasteiger partial charge is 0.0887 e. The highest BCUT2D eigenvalue weighted by Crippen LogP contribution is 2.37. The van der Waals surface area contributed by atoms with Crippen molar-refractivity contribution in [2.75, 3.05) is 11.9 Å². The molecule has 2 N–H and O–H groups in total. The van der Waals surface area contributed by atoms with Crippen molar-refractivity contribution < 1.29 is 0 Å². The summed E-state index contributed by atoms with van der Waals surface area (Å²) in [4.78, 5) is 0. The van der Waals surface area contributed by atoms with Gasteiger partial charge in [0.2, 0.25) is 0 Å². The maximum Gasteiger partial charge on any atom is 0.0887 e. The minimum atomic E-state index is 0.712. The lowest BCUT2D eigenvalue weighted by Gasteiger charge is -2.22. The number of hydrogen-bond acceptors (Lipinski definition) is 2. The number of aromatic nitrogens is 2. The van der Waals surface area contributed by atoms with Crippen LogP contribution in [0, 0.1) is 0 Å². The van der Waals surface area contributed by atoms with Gasteiger partial charge in [-0.25, -0.2) is 0 Å². The number of anilines is 1. The molecule has 0 bridgehead atoms. The number of H-pyrrole nitrogens is 1. The van der Waals surface area contributed by atoms with Crippen molar-refractivity contribution in [3.63, 3.8) is 0 Å². The first-order chi connectivity index (χ1) is 7.45. The number of nitrogens with zero attached hydrogens (tertiary/aromatic N) is 1. The van der Waals surface area contributed by atoms with E-state index in [4.69, 9.17) is 0 Å². The third-order valence-electron chi connectivity index (χ3n) is 3.77. The maximum atomic E-state index is 4.53. The van der Waals surface area contributed by atoms with Gasteiger partial charge in [-0.05, 0) is 25.7 Å². The minimum absolute atomic E-state index is 0.712. The first-order valence-electron chi connectivity index (χ1n) is 6.26. The van der Waals surface area contributed by atoms with Crippen LogP contribution in [0.1, 0.15) is 55.8 Å². The fourth-order valence-electron chi connectivity index (χ4n) is 2.92. The highest BCUT2D eigenvalue weighted by molar-refractivity contribution is 5.55. The predicted octanol–water partition coefficient (Wildman–Crippen LogP) is 2.82. The number of fused-ring (bicyclic) bond motifs is 1. The normalized spacial score (nSPS) is 22.1. The Morgan fingerprint density at radius 3 is 2.80 bits per heavy atom. The van der Waals surface area contributed by atoms with E-state index in [-0.39, 0.29) is 0 Å². The first kappa shape index (κ1) is 9.25.